The summed E-state index contributed by atoms with van der Waals surface area (Å²) in [7, 11) is 0. The van der Waals surface area contributed by atoms with Gasteiger partial charge < -0.3 is 9.84 Å². The number of ether oxygens (including phenoxy) is 1. The quantitative estimate of drug-likeness (QED) is 0.782. The zero-order valence-corrected chi connectivity index (χ0v) is 7.68. The van der Waals surface area contributed by atoms with Crippen molar-refractivity contribution in [3.05, 3.63) is 29.6 Å². The van der Waals surface area contributed by atoms with Gasteiger partial charge in [0.25, 0.3) is 0 Å². The Labute approximate surface area is 83.1 Å². The molecule has 1 aromatic carbocycles. The minimum Gasteiger partial charge on any atom is -0.405 e. The lowest BCUT2D eigenvalue weighted by molar-refractivity contribution is -0.275. The van der Waals surface area contributed by atoms with Crippen molar-refractivity contribution < 1.29 is 27.4 Å². The summed E-state index contributed by atoms with van der Waals surface area (Å²) in [6.07, 6.45) is -6.07. The molecule has 6 heteroatoms. The van der Waals surface area contributed by atoms with Crippen LogP contribution in [-0.2, 0) is 0 Å². The molecular weight excluding hydrogens is 216 g/mol. The maximum absolute atomic E-state index is 12.7. The highest BCUT2D eigenvalue weighted by Gasteiger charge is 2.32. The Morgan fingerprint density at radius 1 is 1.33 bits per heavy atom. The van der Waals surface area contributed by atoms with E-state index in [0.717, 1.165) is 12.1 Å². The van der Waals surface area contributed by atoms with Crippen LogP contribution in [0.15, 0.2) is 18.2 Å². The molecule has 1 aromatic rings. The van der Waals surface area contributed by atoms with Gasteiger partial charge in [0.1, 0.15) is 11.6 Å². The number of aliphatic hydroxyl groups excluding tert-OH is 1. The molecule has 0 saturated heterocycles. The van der Waals surface area contributed by atoms with E-state index in [1.165, 1.54) is 6.92 Å². The summed E-state index contributed by atoms with van der Waals surface area (Å²) in [5.74, 6) is -1.59. The molecule has 1 unspecified atom stereocenters. The van der Waals surface area contributed by atoms with Gasteiger partial charge in [-0.3, -0.25) is 0 Å². The van der Waals surface area contributed by atoms with Crippen LogP contribution in [0.4, 0.5) is 17.6 Å². The zero-order chi connectivity index (χ0) is 11.6. The molecule has 15 heavy (non-hydrogen) atoms. The maximum atomic E-state index is 12.7. The number of alkyl halides is 3. The van der Waals surface area contributed by atoms with Crippen molar-refractivity contribution in [2.45, 2.75) is 19.4 Å². The maximum Gasteiger partial charge on any atom is 0.573 e. The van der Waals surface area contributed by atoms with Gasteiger partial charge in [0, 0.05) is 11.6 Å². The highest BCUT2D eigenvalue weighted by atomic mass is 19.4. The van der Waals surface area contributed by atoms with E-state index < -0.39 is 24.0 Å². The number of aliphatic hydroxyl groups is 1. The minimum absolute atomic E-state index is 0.117. The summed E-state index contributed by atoms with van der Waals surface area (Å²) in [6, 6.07) is 2.57. The third-order valence-corrected chi connectivity index (χ3v) is 1.65. The van der Waals surface area contributed by atoms with Gasteiger partial charge in [0.15, 0.2) is 0 Å². The van der Waals surface area contributed by atoms with Crippen molar-refractivity contribution >= 4 is 0 Å². The van der Waals surface area contributed by atoms with E-state index in [-0.39, 0.29) is 5.56 Å². The molecule has 0 spiro atoms. The molecule has 0 aliphatic heterocycles. The molecule has 0 radical (unpaired) electrons. The molecule has 1 N–H and O–H groups in total. The second-order valence-electron chi connectivity index (χ2n) is 2.91. The van der Waals surface area contributed by atoms with E-state index in [2.05, 4.69) is 4.74 Å². The summed E-state index contributed by atoms with van der Waals surface area (Å²) in [6.45, 7) is 1.26. The lowest BCUT2D eigenvalue weighted by Gasteiger charge is -2.14. The standard InChI is InChI=1S/C9H8F4O2/c1-5(14)7-3-2-6(10)4-8(7)15-9(11,12)13/h2-5,14H,1H3. The van der Waals surface area contributed by atoms with Crippen molar-refractivity contribution in [2.24, 2.45) is 0 Å². The molecule has 0 saturated carbocycles. The highest BCUT2D eigenvalue weighted by Crippen LogP contribution is 2.30. The topological polar surface area (TPSA) is 29.5 Å². The van der Waals surface area contributed by atoms with Gasteiger partial charge in [-0.15, -0.1) is 13.2 Å². The molecule has 0 fully saturated rings. The van der Waals surface area contributed by atoms with Crippen LogP contribution >= 0.6 is 0 Å². The van der Waals surface area contributed by atoms with Crippen molar-refractivity contribution in [3.63, 3.8) is 0 Å². The molecule has 0 amide bonds. The second-order valence-corrected chi connectivity index (χ2v) is 2.91. The van der Waals surface area contributed by atoms with E-state index >= 15 is 0 Å². The lowest BCUT2D eigenvalue weighted by Crippen LogP contribution is -2.18. The summed E-state index contributed by atoms with van der Waals surface area (Å²) < 4.78 is 51.9. The van der Waals surface area contributed by atoms with Crippen LogP contribution in [0.25, 0.3) is 0 Å². The van der Waals surface area contributed by atoms with E-state index in [9.17, 15) is 17.6 Å². The summed E-state index contributed by atoms with van der Waals surface area (Å²) >= 11 is 0. The number of hydrogen-bond acceptors (Lipinski definition) is 2. The van der Waals surface area contributed by atoms with Gasteiger partial charge in [-0.05, 0) is 19.1 Å². The fourth-order valence-electron chi connectivity index (χ4n) is 1.07. The Hall–Kier alpha value is -1.30. The Balaban J connectivity index is 3.08. The Bertz CT molecular complexity index is 346. The Morgan fingerprint density at radius 3 is 2.40 bits per heavy atom. The molecule has 2 nitrogen and oxygen atoms in total. The van der Waals surface area contributed by atoms with Gasteiger partial charge in [-0.2, -0.15) is 0 Å². The van der Waals surface area contributed by atoms with Crippen LogP contribution in [0.3, 0.4) is 0 Å². The molecule has 0 aromatic heterocycles. The largest absolute Gasteiger partial charge is 0.573 e. The number of hydrogen-bond donors (Lipinski definition) is 1. The van der Waals surface area contributed by atoms with Crippen molar-refractivity contribution in [3.8, 4) is 5.75 Å². The number of rotatable bonds is 2. The van der Waals surface area contributed by atoms with Crippen LogP contribution in [0.2, 0.25) is 0 Å². The van der Waals surface area contributed by atoms with E-state index in [4.69, 9.17) is 5.11 Å². The molecule has 0 aliphatic carbocycles. The summed E-state index contributed by atoms with van der Waals surface area (Å²) in [5.41, 5.74) is -0.117. The van der Waals surface area contributed by atoms with Gasteiger partial charge in [0.2, 0.25) is 0 Å². The fourth-order valence-corrected chi connectivity index (χ4v) is 1.07. The second kappa shape index (κ2) is 4.06. The Morgan fingerprint density at radius 2 is 1.93 bits per heavy atom. The molecular formula is C9H8F4O2. The van der Waals surface area contributed by atoms with Gasteiger partial charge >= 0.3 is 6.36 Å². The average molecular weight is 224 g/mol. The minimum atomic E-state index is -4.91. The van der Waals surface area contributed by atoms with Crippen molar-refractivity contribution in [1.29, 1.82) is 0 Å². The fraction of sp³-hybridized carbons (Fsp3) is 0.333. The van der Waals surface area contributed by atoms with Crippen LogP contribution in [0, 0.1) is 5.82 Å². The average Bonchev–Trinajstić information content (AvgIpc) is 1.99. The van der Waals surface area contributed by atoms with Crippen molar-refractivity contribution in [2.75, 3.05) is 0 Å². The van der Waals surface area contributed by atoms with E-state index in [1.54, 1.807) is 0 Å². The molecule has 0 aliphatic rings. The first-order chi connectivity index (χ1) is 6.79. The molecule has 0 heterocycles. The monoisotopic (exact) mass is 224 g/mol. The van der Waals surface area contributed by atoms with Crippen molar-refractivity contribution in [1.82, 2.24) is 0 Å². The smallest absolute Gasteiger partial charge is 0.405 e. The normalized spacial score (nSPS) is 13.7. The van der Waals surface area contributed by atoms with Gasteiger partial charge in [-0.25, -0.2) is 4.39 Å². The van der Waals surface area contributed by atoms with Gasteiger partial charge in [0.05, 0.1) is 6.10 Å². The molecule has 0 bridgehead atoms. The van der Waals surface area contributed by atoms with E-state index in [0.29, 0.717) is 6.07 Å². The molecule has 1 rings (SSSR count). The van der Waals surface area contributed by atoms with Crippen LogP contribution in [0.5, 0.6) is 5.75 Å². The first kappa shape index (κ1) is 11.8. The van der Waals surface area contributed by atoms with Crippen LogP contribution in [0.1, 0.15) is 18.6 Å². The predicted octanol–water partition coefficient (Wildman–Crippen LogP) is 2.78. The van der Waals surface area contributed by atoms with Crippen LogP contribution < -0.4 is 4.74 Å². The zero-order valence-electron chi connectivity index (χ0n) is 7.68. The first-order valence-corrected chi connectivity index (χ1v) is 4.03. The van der Waals surface area contributed by atoms with Crippen LogP contribution in [-0.4, -0.2) is 11.5 Å². The number of halogens is 4. The Kier molecular flexibility index (Phi) is 3.18. The summed E-state index contributed by atoms with van der Waals surface area (Å²) in [5, 5.41) is 9.12. The molecule has 84 valence electrons. The van der Waals surface area contributed by atoms with Gasteiger partial charge in [-0.1, -0.05) is 0 Å². The highest BCUT2D eigenvalue weighted by molar-refractivity contribution is 5.35. The first-order valence-electron chi connectivity index (χ1n) is 4.03. The SMILES string of the molecule is CC(O)c1ccc(F)cc1OC(F)(F)F. The number of benzene rings is 1. The lowest BCUT2D eigenvalue weighted by atomic mass is 10.1. The third-order valence-electron chi connectivity index (χ3n) is 1.65. The predicted molar refractivity (Wildman–Crippen MR) is 43.7 cm³/mol. The van der Waals surface area contributed by atoms with E-state index in [1.807, 2.05) is 0 Å². The third kappa shape index (κ3) is 3.39. The molecule has 1 atom stereocenters. The summed E-state index contributed by atoms with van der Waals surface area (Å²) in [4.78, 5) is 0.